The fourth-order valence-electron chi connectivity index (χ4n) is 1.91. The first-order valence-electron chi connectivity index (χ1n) is 6.16. The number of hydrogen-bond acceptors (Lipinski definition) is 4. The second-order valence-corrected chi connectivity index (χ2v) is 8.13. The molecule has 1 aliphatic carbocycles. The second-order valence-electron chi connectivity index (χ2n) is 6.23. The van der Waals surface area contributed by atoms with Gasteiger partial charge in [0.1, 0.15) is 10.5 Å². The molecule has 2 rings (SSSR count). The largest absolute Gasteiger partial charge is 0.524 e. The van der Waals surface area contributed by atoms with E-state index in [1.165, 1.54) is 0 Å². The Morgan fingerprint density at radius 1 is 1.21 bits per heavy atom. The molecule has 1 aliphatic heterocycles. The van der Waals surface area contributed by atoms with Crippen LogP contribution in [-0.2, 0) is 19.3 Å². The molecule has 5 nitrogen and oxygen atoms in total. The molecule has 0 spiro atoms. The highest BCUT2D eigenvalue weighted by molar-refractivity contribution is 7.91. The van der Waals surface area contributed by atoms with E-state index in [0.717, 1.165) is 6.08 Å². The smallest absolute Gasteiger partial charge is 0.398 e. The van der Waals surface area contributed by atoms with Gasteiger partial charge in [-0.1, -0.05) is 0 Å². The lowest BCUT2D eigenvalue weighted by Crippen LogP contribution is -2.41. The Hall–Kier alpha value is -0.435. The highest BCUT2D eigenvalue weighted by Crippen LogP contribution is 2.46. The first-order chi connectivity index (χ1) is 8.40. The van der Waals surface area contributed by atoms with Crippen LogP contribution in [0.5, 0.6) is 0 Å². The summed E-state index contributed by atoms with van der Waals surface area (Å²) in [4.78, 5) is 0. The zero-order chi connectivity index (χ0) is 14.7. The van der Waals surface area contributed by atoms with Crippen LogP contribution in [0.3, 0.4) is 0 Å². The van der Waals surface area contributed by atoms with Crippen molar-refractivity contribution in [3.8, 4) is 0 Å². The monoisotopic (exact) mass is 291 g/mol. The number of nitrogens with two attached hydrogens (primary N) is 1. The highest BCUT2D eigenvalue weighted by Gasteiger charge is 2.56. The van der Waals surface area contributed by atoms with Crippen molar-refractivity contribution >= 4 is 17.1 Å². The van der Waals surface area contributed by atoms with E-state index < -0.39 is 38.8 Å². The van der Waals surface area contributed by atoms with Crippen LogP contribution >= 0.6 is 0 Å². The van der Waals surface area contributed by atoms with Crippen LogP contribution in [-0.4, -0.2) is 31.5 Å². The summed E-state index contributed by atoms with van der Waals surface area (Å²) >= 11 is 0. The van der Waals surface area contributed by atoms with Gasteiger partial charge in [-0.15, -0.1) is 0 Å². The van der Waals surface area contributed by atoms with Gasteiger partial charge in [-0.05, 0) is 46.6 Å². The third kappa shape index (κ3) is 2.46. The van der Waals surface area contributed by atoms with E-state index in [2.05, 4.69) is 0 Å². The van der Waals surface area contributed by atoms with Gasteiger partial charge in [0, 0.05) is 0 Å². The van der Waals surface area contributed by atoms with Gasteiger partial charge in [0.2, 0.25) is 10.0 Å². The number of hydrogen-bond donors (Lipinski definition) is 1. The first-order valence-corrected chi connectivity index (χ1v) is 7.71. The molecule has 0 aromatic heterocycles. The summed E-state index contributed by atoms with van der Waals surface area (Å²) in [7, 11) is -4.98. The van der Waals surface area contributed by atoms with Crippen molar-refractivity contribution < 1.29 is 22.1 Å². The average molecular weight is 291 g/mol. The van der Waals surface area contributed by atoms with Gasteiger partial charge in [0.15, 0.2) is 0 Å². The molecule has 0 amide bonds. The Labute approximate surface area is 113 Å². The minimum absolute atomic E-state index is 0.332. The molecule has 0 radical (unpaired) electrons. The van der Waals surface area contributed by atoms with E-state index in [1.54, 1.807) is 27.7 Å². The van der Waals surface area contributed by atoms with Crippen LogP contribution in [0.2, 0.25) is 0 Å². The van der Waals surface area contributed by atoms with Crippen molar-refractivity contribution in [1.82, 2.24) is 0 Å². The Bertz CT molecular complexity index is 509. The Balaban J connectivity index is 2.22. The van der Waals surface area contributed by atoms with Crippen molar-refractivity contribution in [3.05, 3.63) is 11.8 Å². The van der Waals surface area contributed by atoms with Gasteiger partial charge in [0.25, 0.3) is 0 Å². The molecule has 2 aliphatic rings. The van der Waals surface area contributed by atoms with Crippen LogP contribution in [0.1, 0.15) is 40.5 Å². The third-order valence-corrected chi connectivity index (χ3v) is 5.85. The standard InChI is InChI=1S/C11H19BFNO4S/c1-9(2)10(3,4)18-12(17-9)8(13)7-11(5-6-11)19(14,15)16/h7H,5-6H2,1-4H3,(H2,14,15,16). The van der Waals surface area contributed by atoms with Crippen LogP contribution in [0.4, 0.5) is 4.39 Å². The third-order valence-electron chi connectivity index (χ3n) is 4.19. The molecule has 1 saturated heterocycles. The predicted molar refractivity (Wildman–Crippen MR) is 70.3 cm³/mol. The molecule has 1 heterocycles. The summed E-state index contributed by atoms with van der Waals surface area (Å²) in [6, 6.07) is 0. The van der Waals surface area contributed by atoms with Gasteiger partial charge in [0.05, 0.1) is 11.2 Å². The molecule has 0 atom stereocenters. The van der Waals surface area contributed by atoms with Gasteiger partial charge < -0.3 is 9.31 Å². The molecule has 19 heavy (non-hydrogen) atoms. The topological polar surface area (TPSA) is 78.6 Å². The van der Waals surface area contributed by atoms with Crippen molar-refractivity contribution in [2.75, 3.05) is 0 Å². The van der Waals surface area contributed by atoms with E-state index in [-0.39, 0.29) is 0 Å². The summed E-state index contributed by atoms with van der Waals surface area (Å²) in [5.74, 6) is 0. The molecular weight excluding hydrogens is 272 g/mol. The fraction of sp³-hybridized carbons (Fsp3) is 0.818. The fourth-order valence-corrected chi connectivity index (χ4v) is 2.86. The van der Waals surface area contributed by atoms with Crippen LogP contribution in [0.25, 0.3) is 0 Å². The maximum Gasteiger partial charge on any atom is 0.524 e. The summed E-state index contributed by atoms with van der Waals surface area (Å²) in [5, 5.41) is 5.11. The average Bonchev–Trinajstić information content (AvgIpc) is 2.91. The van der Waals surface area contributed by atoms with E-state index >= 15 is 0 Å². The minimum Gasteiger partial charge on any atom is -0.398 e. The molecule has 2 fully saturated rings. The summed E-state index contributed by atoms with van der Waals surface area (Å²) in [6.45, 7) is 7.19. The van der Waals surface area contributed by atoms with E-state index in [0.29, 0.717) is 12.8 Å². The SMILES string of the molecule is CC1(C)OB(C(F)=CC2(S(N)(=O)=O)CC2)OC1(C)C. The van der Waals surface area contributed by atoms with Crippen LogP contribution in [0.15, 0.2) is 11.8 Å². The predicted octanol–water partition coefficient (Wildman–Crippen LogP) is 1.29. The molecule has 0 aromatic rings. The van der Waals surface area contributed by atoms with Gasteiger partial charge in [-0.25, -0.2) is 17.9 Å². The van der Waals surface area contributed by atoms with E-state index in [4.69, 9.17) is 14.4 Å². The first kappa shape index (κ1) is 15.0. The van der Waals surface area contributed by atoms with Crippen LogP contribution in [0, 0.1) is 0 Å². The summed E-state index contributed by atoms with van der Waals surface area (Å²) in [6.07, 6.45) is 1.70. The lowest BCUT2D eigenvalue weighted by Gasteiger charge is -2.32. The number of sulfonamides is 1. The zero-order valence-corrected chi connectivity index (χ0v) is 12.4. The normalized spacial score (nSPS) is 28.5. The number of primary sulfonamides is 1. The quantitative estimate of drug-likeness (QED) is 0.795. The van der Waals surface area contributed by atoms with Gasteiger partial charge >= 0.3 is 7.12 Å². The van der Waals surface area contributed by atoms with Crippen molar-refractivity contribution in [3.63, 3.8) is 0 Å². The van der Waals surface area contributed by atoms with E-state index in [9.17, 15) is 12.8 Å². The van der Waals surface area contributed by atoms with Gasteiger partial charge in [-0.2, -0.15) is 0 Å². The molecular formula is C11H19BFNO4S. The molecule has 0 aromatic carbocycles. The van der Waals surface area contributed by atoms with Crippen molar-refractivity contribution in [2.45, 2.75) is 56.5 Å². The molecule has 0 unspecified atom stereocenters. The Morgan fingerprint density at radius 2 is 1.63 bits per heavy atom. The molecule has 0 bridgehead atoms. The maximum absolute atomic E-state index is 14.2. The van der Waals surface area contributed by atoms with Crippen molar-refractivity contribution in [1.29, 1.82) is 0 Å². The maximum atomic E-state index is 14.2. The van der Waals surface area contributed by atoms with Gasteiger partial charge in [-0.3, -0.25) is 0 Å². The Kier molecular flexibility index (Phi) is 3.18. The van der Waals surface area contributed by atoms with E-state index in [1.807, 2.05) is 0 Å². The number of rotatable bonds is 3. The zero-order valence-electron chi connectivity index (χ0n) is 11.6. The lowest BCUT2D eigenvalue weighted by atomic mass is 9.87. The molecule has 1 saturated carbocycles. The summed E-state index contributed by atoms with van der Waals surface area (Å²) < 4.78 is 46.7. The lowest BCUT2D eigenvalue weighted by molar-refractivity contribution is 0.00578. The second kappa shape index (κ2) is 4.03. The highest BCUT2D eigenvalue weighted by atomic mass is 32.2. The molecule has 8 heteroatoms. The summed E-state index contributed by atoms with van der Waals surface area (Å²) in [5.41, 5.74) is -2.06. The molecule has 108 valence electrons. The molecule has 2 N–H and O–H groups in total. The van der Waals surface area contributed by atoms with Crippen molar-refractivity contribution in [2.24, 2.45) is 5.14 Å². The minimum atomic E-state index is -3.80. The Morgan fingerprint density at radius 3 is 1.95 bits per heavy atom. The number of halogens is 1. The van der Waals surface area contributed by atoms with Crippen LogP contribution < -0.4 is 5.14 Å².